The van der Waals surface area contributed by atoms with Gasteiger partial charge in [0.25, 0.3) is 0 Å². The molecule has 0 radical (unpaired) electrons. The summed E-state index contributed by atoms with van der Waals surface area (Å²) in [4.78, 5) is 0. The molecule has 0 aliphatic rings. The predicted octanol–water partition coefficient (Wildman–Crippen LogP) is 3.33. The first-order valence-electron chi connectivity index (χ1n) is 4.28. The fourth-order valence-electron chi connectivity index (χ4n) is 1.41. The lowest BCUT2D eigenvalue weighted by Gasteiger charge is -2.14. The lowest BCUT2D eigenvalue weighted by atomic mass is 10.00. The Bertz CT molecular complexity index is 287. The van der Waals surface area contributed by atoms with Crippen molar-refractivity contribution in [2.75, 3.05) is 0 Å². The van der Waals surface area contributed by atoms with E-state index in [2.05, 4.69) is 35.5 Å². The fraction of sp³-hybridized carbons (Fsp3) is 0.273. The summed E-state index contributed by atoms with van der Waals surface area (Å²) in [5.74, 6) is 0. The average Bonchev–Trinajstić information content (AvgIpc) is 2.04. The molecule has 0 fully saturated rings. The van der Waals surface area contributed by atoms with Gasteiger partial charge in [0.2, 0.25) is 0 Å². The molecule has 0 aliphatic heterocycles. The van der Waals surface area contributed by atoms with Crippen LogP contribution in [0.5, 0.6) is 0 Å². The zero-order valence-corrected chi connectivity index (χ0v) is 9.34. The number of aryl methyl sites for hydroxylation is 1. The molecule has 1 rings (SSSR count). The Morgan fingerprint density at radius 3 is 2.85 bits per heavy atom. The summed E-state index contributed by atoms with van der Waals surface area (Å²) >= 11 is 3.50. The van der Waals surface area contributed by atoms with Crippen molar-refractivity contribution in [2.45, 2.75) is 19.4 Å². The largest absolute Gasteiger partial charge is 0.324 e. The van der Waals surface area contributed by atoms with E-state index >= 15 is 0 Å². The van der Waals surface area contributed by atoms with Crippen molar-refractivity contribution in [3.63, 3.8) is 0 Å². The molecule has 2 heteroatoms. The van der Waals surface area contributed by atoms with Crippen molar-refractivity contribution in [2.24, 2.45) is 5.73 Å². The number of rotatable bonds is 3. The molecule has 0 spiro atoms. The van der Waals surface area contributed by atoms with Crippen LogP contribution in [0.2, 0.25) is 0 Å². The van der Waals surface area contributed by atoms with Crippen LogP contribution in [-0.2, 0) is 0 Å². The van der Waals surface area contributed by atoms with Crippen molar-refractivity contribution >= 4 is 15.9 Å². The number of hydrogen-bond acceptors (Lipinski definition) is 1. The van der Waals surface area contributed by atoms with E-state index in [9.17, 15) is 0 Å². The topological polar surface area (TPSA) is 26.0 Å². The third kappa shape index (κ3) is 2.42. The highest BCUT2D eigenvalue weighted by Crippen LogP contribution is 2.27. The molecule has 1 aromatic rings. The van der Waals surface area contributed by atoms with E-state index in [0.29, 0.717) is 0 Å². The van der Waals surface area contributed by atoms with Crippen molar-refractivity contribution in [3.05, 3.63) is 46.5 Å². The van der Waals surface area contributed by atoms with Gasteiger partial charge in [0, 0.05) is 10.5 Å². The fourth-order valence-corrected chi connectivity index (χ4v) is 2.17. The van der Waals surface area contributed by atoms with Crippen LogP contribution in [0.3, 0.4) is 0 Å². The first-order chi connectivity index (χ1) is 6.16. The molecular weight excluding hydrogens is 226 g/mol. The van der Waals surface area contributed by atoms with E-state index in [1.807, 2.05) is 18.2 Å². The molecule has 13 heavy (non-hydrogen) atoms. The van der Waals surface area contributed by atoms with Crippen LogP contribution in [0.1, 0.15) is 23.6 Å². The molecule has 1 atom stereocenters. The normalized spacial score (nSPS) is 12.5. The SMILES string of the molecule is C=CC[C@@H](N)c1c(C)cccc1Br. The van der Waals surface area contributed by atoms with Gasteiger partial charge < -0.3 is 5.73 Å². The maximum absolute atomic E-state index is 6.01. The summed E-state index contributed by atoms with van der Waals surface area (Å²) in [7, 11) is 0. The summed E-state index contributed by atoms with van der Waals surface area (Å²) in [6.07, 6.45) is 2.66. The van der Waals surface area contributed by atoms with Crippen LogP contribution in [0.25, 0.3) is 0 Å². The Labute approximate surface area is 87.8 Å². The van der Waals surface area contributed by atoms with E-state index in [4.69, 9.17) is 5.73 Å². The van der Waals surface area contributed by atoms with E-state index in [-0.39, 0.29) is 6.04 Å². The highest BCUT2D eigenvalue weighted by atomic mass is 79.9. The van der Waals surface area contributed by atoms with Crippen LogP contribution in [0, 0.1) is 6.92 Å². The summed E-state index contributed by atoms with van der Waals surface area (Å²) < 4.78 is 1.09. The molecule has 0 saturated heterocycles. The quantitative estimate of drug-likeness (QED) is 0.805. The van der Waals surface area contributed by atoms with Crippen LogP contribution in [-0.4, -0.2) is 0 Å². The lowest BCUT2D eigenvalue weighted by Crippen LogP contribution is -2.11. The van der Waals surface area contributed by atoms with Gasteiger partial charge in [-0.25, -0.2) is 0 Å². The van der Waals surface area contributed by atoms with Crippen molar-refractivity contribution in [3.8, 4) is 0 Å². The lowest BCUT2D eigenvalue weighted by molar-refractivity contribution is 0.732. The molecule has 0 saturated carbocycles. The van der Waals surface area contributed by atoms with Gasteiger partial charge in [-0.05, 0) is 30.5 Å². The summed E-state index contributed by atoms with van der Waals surface area (Å²) in [5, 5.41) is 0. The molecule has 0 bridgehead atoms. The molecule has 0 aromatic heterocycles. The molecule has 1 nitrogen and oxygen atoms in total. The minimum Gasteiger partial charge on any atom is -0.324 e. The maximum atomic E-state index is 6.01. The molecular formula is C11H14BrN. The second-order valence-electron chi connectivity index (χ2n) is 3.10. The Morgan fingerprint density at radius 1 is 1.62 bits per heavy atom. The summed E-state index contributed by atoms with van der Waals surface area (Å²) in [6.45, 7) is 5.76. The van der Waals surface area contributed by atoms with Crippen LogP contribution in [0.4, 0.5) is 0 Å². The minimum atomic E-state index is 0.0491. The average molecular weight is 240 g/mol. The van der Waals surface area contributed by atoms with Gasteiger partial charge in [-0.15, -0.1) is 6.58 Å². The monoisotopic (exact) mass is 239 g/mol. The second kappa shape index (κ2) is 4.58. The molecule has 70 valence electrons. The Kier molecular flexibility index (Phi) is 3.70. The molecule has 2 N–H and O–H groups in total. The van der Waals surface area contributed by atoms with Gasteiger partial charge in [0.15, 0.2) is 0 Å². The molecule has 0 heterocycles. The maximum Gasteiger partial charge on any atom is 0.0343 e. The first kappa shape index (κ1) is 10.5. The van der Waals surface area contributed by atoms with Gasteiger partial charge in [-0.2, -0.15) is 0 Å². The van der Waals surface area contributed by atoms with Gasteiger partial charge in [0.05, 0.1) is 0 Å². The van der Waals surface area contributed by atoms with Gasteiger partial charge in [-0.1, -0.05) is 34.1 Å². The third-order valence-electron chi connectivity index (χ3n) is 2.06. The van der Waals surface area contributed by atoms with E-state index < -0.39 is 0 Å². The number of halogens is 1. The molecule has 0 unspecified atom stereocenters. The van der Waals surface area contributed by atoms with Gasteiger partial charge in [0.1, 0.15) is 0 Å². The third-order valence-corrected chi connectivity index (χ3v) is 2.75. The Balaban J connectivity index is 3.04. The van der Waals surface area contributed by atoms with Crippen LogP contribution < -0.4 is 5.73 Å². The van der Waals surface area contributed by atoms with Crippen molar-refractivity contribution in [1.29, 1.82) is 0 Å². The van der Waals surface area contributed by atoms with Gasteiger partial charge in [-0.3, -0.25) is 0 Å². The van der Waals surface area contributed by atoms with Crippen LogP contribution in [0.15, 0.2) is 35.3 Å². The summed E-state index contributed by atoms with van der Waals surface area (Å²) in [5.41, 5.74) is 8.41. The number of benzene rings is 1. The van der Waals surface area contributed by atoms with E-state index in [0.717, 1.165) is 10.9 Å². The summed E-state index contributed by atoms with van der Waals surface area (Å²) in [6, 6.07) is 6.16. The number of nitrogens with two attached hydrogens (primary N) is 1. The Morgan fingerprint density at radius 2 is 2.31 bits per heavy atom. The molecule has 0 aliphatic carbocycles. The Hall–Kier alpha value is -0.600. The standard InChI is InChI=1S/C11H14BrN/c1-3-5-10(13)11-8(2)6-4-7-9(11)12/h3-4,6-7,10H,1,5,13H2,2H3/t10-/m1/s1. The van der Waals surface area contributed by atoms with E-state index in [1.54, 1.807) is 0 Å². The first-order valence-corrected chi connectivity index (χ1v) is 5.07. The van der Waals surface area contributed by atoms with Crippen molar-refractivity contribution < 1.29 is 0 Å². The zero-order chi connectivity index (χ0) is 9.84. The molecule has 0 amide bonds. The second-order valence-corrected chi connectivity index (χ2v) is 3.96. The molecule has 1 aromatic carbocycles. The zero-order valence-electron chi connectivity index (χ0n) is 7.76. The minimum absolute atomic E-state index is 0.0491. The van der Waals surface area contributed by atoms with Crippen molar-refractivity contribution in [1.82, 2.24) is 0 Å². The predicted molar refractivity (Wildman–Crippen MR) is 60.6 cm³/mol. The number of hydrogen-bond donors (Lipinski definition) is 1. The smallest absolute Gasteiger partial charge is 0.0343 e. The van der Waals surface area contributed by atoms with E-state index in [1.165, 1.54) is 11.1 Å². The highest BCUT2D eigenvalue weighted by Gasteiger charge is 2.10. The van der Waals surface area contributed by atoms with Crippen LogP contribution >= 0.6 is 15.9 Å². The highest BCUT2D eigenvalue weighted by molar-refractivity contribution is 9.10. The van der Waals surface area contributed by atoms with Gasteiger partial charge >= 0.3 is 0 Å².